The minimum absolute atomic E-state index is 0.104. The number of rotatable bonds is 5. The van der Waals surface area contributed by atoms with Crippen LogP contribution in [0.5, 0.6) is 0 Å². The van der Waals surface area contributed by atoms with Gasteiger partial charge < -0.3 is 14.9 Å². The monoisotopic (exact) mass is 384 g/mol. The zero-order valence-electron chi connectivity index (χ0n) is 15.2. The fraction of sp³-hybridized carbons (Fsp3) is 0.238. The Kier molecular flexibility index (Phi) is 5.63. The second-order valence-corrected chi connectivity index (χ2v) is 7.15. The summed E-state index contributed by atoms with van der Waals surface area (Å²) >= 11 is 5.91. The van der Waals surface area contributed by atoms with E-state index < -0.39 is 17.7 Å². The number of hydrogen-bond donors (Lipinski definition) is 1. The normalized spacial score (nSPS) is 19.1. The predicted molar refractivity (Wildman–Crippen MR) is 105 cm³/mol. The summed E-state index contributed by atoms with van der Waals surface area (Å²) < 4.78 is 0. The molecule has 0 bridgehead atoms. The number of ketones is 1. The number of aliphatic hydroxyl groups is 1. The maximum Gasteiger partial charge on any atom is 0.295 e. The van der Waals surface area contributed by atoms with Crippen molar-refractivity contribution < 1.29 is 14.7 Å². The molecule has 1 amide bonds. The van der Waals surface area contributed by atoms with E-state index in [1.165, 1.54) is 4.90 Å². The molecule has 1 heterocycles. The quantitative estimate of drug-likeness (QED) is 0.488. The SMILES string of the molecule is CN(C)CCN1C(=O)C(=O)/C(=C(/O)c2ccc(Cl)cc2)C1c1ccccc1. The smallest absolute Gasteiger partial charge is 0.295 e. The number of likely N-dealkylation sites (tertiary alicyclic amines) is 1. The summed E-state index contributed by atoms with van der Waals surface area (Å²) in [5, 5.41) is 11.4. The van der Waals surface area contributed by atoms with Gasteiger partial charge in [-0.05, 0) is 43.9 Å². The summed E-state index contributed by atoms with van der Waals surface area (Å²) in [6.07, 6.45) is 0. The Labute approximate surface area is 163 Å². The number of aliphatic hydroxyl groups excluding tert-OH is 1. The van der Waals surface area contributed by atoms with Crippen LogP contribution in [0.4, 0.5) is 0 Å². The lowest BCUT2D eigenvalue weighted by molar-refractivity contribution is -0.140. The molecule has 0 radical (unpaired) electrons. The molecular weight excluding hydrogens is 364 g/mol. The first-order chi connectivity index (χ1) is 12.9. The van der Waals surface area contributed by atoms with E-state index in [1.807, 2.05) is 49.3 Å². The van der Waals surface area contributed by atoms with Crippen molar-refractivity contribution in [3.8, 4) is 0 Å². The molecule has 6 heteroatoms. The topological polar surface area (TPSA) is 60.9 Å². The molecular formula is C21H21ClN2O3. The van der Waals surface area contributed by atoms with Crippen LogP contribution in [0.3, 0.4) is 0 Å². The van der Waals surface area contributed by atoms with Crippen molar-refractivity contribution in [1.82, 2.24) is 9.80 Å². The van der Waals surface area contributed by atoms with Crippen molar-refractivity contribution in [3.63, 3.8) is 0 Å². The van der Waals surface area contributed by atoms with Crippen LogP contribution >= 0.6 is 11.6 Å². The molecule has 1 saturated heterocycles. The summed E-state index contributed by atoms with van der Waals surface area (Å²) in [5.41, 5.74) is 1.34. The minimum atomic E-state index is -0.671. The van der Waals surface area contributed by atoms with E-state index >= 15 is 0 Å². The van der Waals surface area contributed by atoms with E-state index in [1.54, 1.807) is 24.3 Å². The van der Waals surface area contributed by atoms with E-state index in [0.717, 1.165) is 5.56 Å². The molecule has 0 spiro atoms. The molecule has 2 aromatic carbocycles. The molecule has 1 atom stereocenters. The van der Waals surface area contributed by atoms with Crippen molar-refractivity contribution >= 4 is 29.1 Å². The highest BCUT2D eigenvalue weighted by Gasteiger charge is 2.45. The van der Waals surface area contributed by atoms with E-state index in [4.69, 9.17) is 11.6 Å². The van der Waals surface area contributed by atoms with Crippen molar-refractivity contribution in [2.24, 2.45) is 0 Å². The minimum Gasteiger partial charge on any atom is -0.507 e. The Morgan fingerprint density at radius 1 is 1.07 bits per heavy atom. The van der Waals surface area contributed by atoms with Gasteiger partial charge in [0.15, 0.2) is 0 Å². The van der Waals surface area contributed by atoms with Gasteiger partial charge in [0.2, 0.25) is 0 Å². The first-order valence-corrected chi connectivity index (χ1v) is 9.02. The number of likely N-dealkylation sites (N-methyl/N-ethyl adjacent to an activating group) is 1. The highest BCUT2D eigenvalue weighted by molar-refractivity contribution is 6.46. The fourth-order valence-corrected chi connectivity index (χ4v) is 3.29. The Bertz CT molecular complexity index is 876. The summed E-state index contributed by atoms with van der Waals surface area (Å²) in [7, 11) is 3.81. The van der Waals surface area contributed by atoms with Gasteiger partial charge in [0.25, 0.3) is 11.7 Å². The second kappa shape index (κ2) is 7.94. The molecule has 0 saturated carbocycles. The fourth-order valence-electron chi connectivity index (χ4n) is 3.16. The Morgan fingerprint density at radius 2 is 1.70 bits per heavy atom. The molecule has 0 aromatic heterocycles. The van der Waals surface area contributed by atoms with E-state index in [2.05, 4.69) is 0 Å². The lowest BCUT2D eigenvalue weighted by Crippen LogP contribution is -2.35. The Hall–Kier alpha value is -2.63. The maximum absolute atomic E-state index is 12.8. The third kappa shape index (κ3) is 3.89. The molecule has 1 aliphatic rings. The van der Waals surface area contributed by atoms with Crippen molar-refractivity contribution in [2.45, 2.75) is 6.04 Å². The van der Waals surface area contributed by atoms with Gasteiger partial charge in [0.1, 0.15) is 5.76 Å². The second-order valence-electron chi connectivity index (χ2n) is 6.71. The van der Waals surface area contributed by atoms with Gasteiger partial charge in [-0.3, -0.25) is 9.59 Å². The first-order valence-electron chi connectivity index (χ1n) is 8.64. The van der Waals surface area contributed by atoms with Gasteiger partial charge >= 0.3 is 0 Å². The van der Waals surface area contributed by atoms with Crippen LogP contribution in [0.25, 0.3) is 5.76 Å². The van der Waals surface area contributed by atoms with Crippen molar-refractivity contribution in [3.05, 3.63) is 76.3 Å². The molecule has 1 fully saturated rings. The van der Waals surface area contributed by atoms with Crippen LogP contribution in [-0.2, 0) is 9.59 Å². The summed E-state index contributed by atoms with van der Waals surface area (Å²) in [6, 6.07) is 15.2. The van der Waals surface area contributed by atoms with Gasteiger partial charge in [0, 0.05) is 23.7 Å². The van der Waals surface area contributed by atoms with Crippen molar-refractivity contribution in [1.29, 1.82) is 0 Å². The third-order valence-corrected chi connectivity index (χ3v) is 4.81. The molecule has 1 aliphatic heterocycles. The number of hydrogen-bond acceptors (Lipinski definition) is 4. The number of benzene rings is 2. The van der Waals surface area contributed by atoms with Crippen molar-refractivity contribution in [2.75, 3.05) is 27.2 Å². The van der Waals surface area contributed by atoms with Crippen LogP contribution in [0, 0.1) is 0 Å². The molecule has 1 unspecified atom stereocenters. The zero-order chi connectivity index (χ0) is 19.6. The van der Waals surface area contributed by atoms with E-state index in [9.17, 15) is 14.7 Å². The number of amides is 1. The van der Waals surface area contributed by atoms with Crippen LogP contribution in [0.1, 0.15) is 17.2 Å². The summed E-state index contributed by atoms with van der Waals surface area (Å²) in [4.78, 5) is 28.9. The number of halogens is 1. The van der Waals surface area contributed by atoms with Gasteiger partial charge in [-0.15, -0.1) is 0 Å². The molecule has 5 nitrogen and oxygen atoms in total. The summed E-state index contributed by atoms with van der Waals surface area (Å²) in [6.45, 7) is 0.992. The molecule has 3 rings (SSSR count). The maximum atomic E-state index is 12.8. The van der Waals surface area contributed by atoms with Crippen LogP contribution < -0.4 is 0 Å². The predicted octanol–water partition coefficient (Wildman–Crippen LogP) is 3.32. The van der Waals surface area contributed by atoms with Gasteiger partial charge in [-0.1, -0.05) is 41.9 Å². The van der Waals surface area contributed by atoms with Crippen LogP contribution in [0.15, 0.2) is 60.2 Å². The highest BCUT2D eigenvalue weighted by Crippen LogP contribution is 2.39. The largest absolute Gasteiger partial charge is 0.507 e. The van der Waals surface area contributed by atoms with E-state index in [-0.39, 0.29) is 11.3 Å². The van der Waals surface area contributed by atoms with Crippen LogP contribution in [0.2, 0.25) is 5.02 Å². The lowest BCUT2D eigenvalue weighted by atomic mass is 9.95. The standard InChI is InChI=1S/C21H21ClN2O3/c1-23(2)12-13-24-18(14-6-4-3-5-7-14)17(20(26)21(24)27)19(25)15-8-10-16(22)11-9-15/h3-11,18,25H,12-13H2,1-2H3/b19-17+. The summed E-state index contributed by atoms with van der Waals surface area (Å²) in [5.74, 6) is -1.46. The Morgan fingerprint density at radius 3 is 2.30 bits per heavy atom. The number of carbonyl (C=O) groups excluding carboxylic acids is 2. The molecule has 0 aliphatic carbocycles. The average molecular weight is 385 g/mol. The van der Waals surface area contributed by atoms with Crippen LogP contribution in [-0.4, -0.2) is 53.8 Å². The first kappa shape index (κ1) is 19.1. The molecule has 140 valence electrons. The number of Topliss-reactive ketones (excluding diaryl/α,β-unsaturated/α-hetero) is 1. The van der Waals surface area contributed by atoms with Gasteiger partial charge in [-0.25, -0.2) is 0 Å². The number of carbonyl (C=O) groups is 2. The van der Waals surface area contributed by atoms with Gasteiger partial charge in [-0.2, -0.15) is 0 Å². The zero-order valence-corrected chi connectivity index (χ0v) is 16.0. The highest BCUT2D eigenvalue weighted by atomic mass is 35.5. The van der Waals surface area contributed by atoms with Gasteiger partial charge in [0.05, 0.1) is 11.6 Å². The lowest BCUT2D eigenvalue weighted by Gasteiger charge is -2.26. The van der Waals surface area contributed by atoms with E-state index in [0.29, 0.717) is 23.7 Å². The molecule has 2 aromatic rings. The number of nitrogens with zero attached hydrogens (tertiary/aromatic N) is 2. The average Bonchev–Trinajstić information content (AvgIpc) is 2.91. The molecule has 1 N–H and O–H groups in total. The third-order valence-electron chi connectivity index (χ3n) is 4.56. The molecule has 27 heavy (non-hydrogen) atoms. The Balaban J connectivity index is 2.12.